The number of piperazine rings is 1. The molecule has 154 valence electrons. The van der Waals surface area contributed by atoms with E-state index in [1.165, 1.54) is 12.3 Å². The number of hydrogen-bond donors (Lipinski definition) is 2. The van der Waals surface area contributed by atoms with Gasteiger partial charge in [-0.25, -0.2) is 4.79 Å². The predicted octanol–water partition coefficient (Wildman–Crippen LogP) is 2.93. The second kappa shape index (κ2) is 8.28. The molecule has 2 N–H and O–H groups in total. The number of H-pyrrole nitrogens is 1. The highest BCUT2D eigenvalue weighted by Crippen LogP contribution is 2.17. The second-order valence-corrected chi connectivity index (χ2v) is 7.17. The summed E-state index contributed by atoms with van der Waals surface area (Å²) in [4.78, 5) is 43.6. The Bertz CT molecular complexity index is 1110. The molecule has 1 aliphatic rings. The topological polar surface area (TPSA) is 98.7 Å². The first-order valence-corrected chi connectivity index (χ1v) is 9.70. The molecule has 1 saturated heterocycles. The van der Waals surface area contributed by atoms with E-state index in [1.807, 2.05) is 31.2 Å². The molecule has 3 amide bonds. The fourth-order valence-electron chi connectivity index (χ4n) is 3.43. The number of nitrogens with one attached hydrogen (secondary N) is 2. The number of benzene rings is 1. The Morgan fingerprint density at radius 1 is 1.00 bits per heavy atom. The molecule has 1 aromatic carbocycles. The van der Waals surface area contributed by atoms with Crippen LogP contribution in [0, 0.1) is 6.92 Å². The second-order valence-electron chi connectivity index (χ2n) is 7.17. The molecule has 3 heterocycles. The van der Waals surface area contributed by atoms with Crippen molar-refractivity contribution in [1.82, 2.24) is 14.8 Å². The Hall–Kier alpha value is -3.81. The third-order valence-corrected chi connectivity index (χ3v) is 5.05. The maximum Gasteiger partial charge on any atom is 0.321 e. The van der Waals surface area contributed by atoms with Crippen LogP contribution in [-0.4, -0.2) is 52.9 Å². The summed E-state index contributed by atoms with van der Waals surface area (Å²) in [6.45, 7) is 3.47. The summed E-state index contributed by atoms with van der Waals surface area (Å²) in [5.41, 5.74) is 1.92. The van der Waals surface area contributed by atoms with Crippen molar-refractivity contribution in [3.63, 3.8) is 0 Å². The standard InChI is InChI=1S/C22H22N4O4/c1-15-4-2-5-16(14-15)23-22(29)26-11-9-25(10-12-26)21(28)17-7-8-18(24-20(17)27)19-6-3-13-30-19/h2-8,13-14H,9-12H2,1H3,(H,23,29)(H,24,27). The molecule has 1 fully saturated rings. The van der Waals surface area contributed by atoms with E-state index in [4.69, 9.17) is 4.42 Å². The predicted molar refractivity (Wildman–Crippen MR) is 112 cm³/mol. The van der Waals surface area contributed by atoms with Crippen LogP contribution in [0.3, 0.4) is 0 Å². The molecule has 0 saturated carbocycles. The van der Waals surface area contributed by atoms with E-state index in [0.29, 0.717) is 37.6 Å². The van der Waals surface area contributed by atoms with Crippen molar-refractivity contribution in [2.24, 2.45) is 0 Å². The van der Waals surface area contributed by atoms with Gasteiger partial charge in [0.05, 0.1) is 12.0 Å². The number of furan rings is 1. The lowest BCUT2D eigenvalue weighted by molar-refractivity contribution is 0.0670. The number of nitrogens with zero attached hydrogens (tertiary/aromatic N) is 2. The molecular formula is C22H22N4O4. The Labute approximate surface area is 173 Å². The van der Waals surface area contributed by atoms with Gasteiger partial charge in [-0.1, -0.05) is 12.1 Å². The van der Waals surface area contributed by atoms with Crippen LogP contribution in [0.1, 0.15) is 15.9 Å². The molecule has 8 heteroatoms. The number of carbonyl (C=O) groups is 2. The van der Waals surface area contributed by atoms with E-state index >= 15 is 0 Å². The maximum atomic E-state index is 12.8. The normalized spacial score (nSPS) is 13.9. The van der Waals surface area contributed by atoms with Gasteiger partial charge < -0.3 is 24.5 Å². The van der Waals surface area contributed by atoms with Gasteiger partial charge in [0, 0.05) is 31.9 Å². The summed E-state index contributed by atoms with van der Waals surface area (Å²) in [5, 5.41) is 2.88. The molecule has 2 aromatic heterocycles. The highest BCUT2D eigenvalue weighted by atomic mass is 16.3. The largest absolute Gasteiger partial charge is 0.463 e. The van der Waals surface area contributed by atoms with Crippen molar-refractivity contribution >= 4 is 17.6 Å². The number of aryl methyl sites for hydroxylation is 1. The number of pyridine rings is 1. The fourth-order valence-corrected chi connectivity index (χ4v) is 3.43. The zero-order valence-corrected chi connectivity index (χ0v) is 16.6. The Morgan fingerprint density at radius 3 is 2.43 bits per heavy atom. The molecule has 8 nitrogen and oxygen atoms in total. The van der Waals surface area contributed by atoms with Crippen molar-refractivity contribution in [2.75, 3.05) is 31.5 Å². The number of anilines is 1. The van der Waals surface area contributed by atoms with Gasteiger partial charge in [0.25, 0.3) is 11.5 Å². The smallest absolute Gasteiger partial charge is 0.321 e. The maximum absolute atomic E-state index is 12.8. The van der Waals surface area contributed by atoms with Crippen LogP contribution >= 0.6 is 0 Å². The summed E-state index contributed by atoms with van der Waals surface area (Å²) in [7, 11) is 0. The lowest BCUT2D eigenvalue weighted by atomic mass is 10.2. The molecule has 4 rings (SSSR count). The minimum Gasteiger partial charge on any atom is -0.463 e. The summed E-state index contributed by atoms with van der Waals surface area (Å²) in [5.74, 6) is 0.181. The molecule has 3 aromatic rings. The van der Waals surface area contributed by atoms with Crippen LogP contribution in [0.5, 0.6) is 0 Å². The molecular weight excluding hydrogens is 384 g/mol. The SMILES string of the molecule is Cc1cccc(NC(=O)N2CCN(C(=O)c3ccc(-c4ccco4)[nH]c3=O)CC2)c1. The first-order chi connectivity index (χ1) is 14.5. The number of carbonyl (C=O) groups excluding carboxylic acids is 2. The first kappa shape index (κ1) is 19.5. The van der Waals surface area contributed by atoms with E-state index in [9.17, 15) is 14.4 Å². The van der Waals surface area contributed by atoms with E-state index in [1.54, 1.807) is 28.0 Å². The van der Waals surface area contributed by atoms with Crippen molar-refractivity contribution < 1.29 is 14.0 Å². The highest BCUT2D eigenvalue weighted by Gasteiger charge is 2.26. The molecule has 0 unspecified atom stereocenters. The lowest BCUT2D eigenvalue weighted by Gasteiger charge is -2.34. The summed E-state index contributed by atoms with van der Waals surface area (Å²) in [6, 6.07) is 14.0. The van der Waals surface area contributed by atoms with Crippen LogP contribution in [-0.2, 0) is 0 Å². The van der Waals surface area contributed by atoms with Gasteiger partial charge in [0.15, 0.2) is 0 Å². The van der Waals surface area contributed by atoms with E-state index in [0.717, 1.165) is 11.3 Å². The molecule has 1 aliphatic heterocycles. The van der Waals surface area contributed by atoms with Crippen LogP contribution in [0.15, 0.2) is 64.0 Å². The Morgan fingerprint density at radius 2 is 1.77 bits per heavy atom. The summed E-state index contributed by atoms with van der Waals surface area (Å²) < 4.78 is 5.27. The molecule has 30 heavy (non-hydrogen) atoms. The zero-order chi connectivity index (χ0) is 21.1. The van der Waals surface area contributed by atoms with Gasteiger partial charge in [0.1, 0.15) is 11.3 Å². The van der Waals surface area contributed by atoms with Gasteiger partial charge in [-0.05, 0) is 48.9 Å². The van der Waals surface area contributed by atoms with Crippen molar-refractivity contribution in [3.8, 4) is 11.5 Å². The third-order valence-electron chi connectivity index (χ3n) is 5.05. The van der Waals surface area contributed by atoms with Gasteiger partial charge >= 0.3 is 6.03 Å². The molecule has 0 radical (unpaired) electrons. The molecule has 0 bridgehead atoms. The Balaban J connectivity index is 1.37. The third kappa shape index (κ3) is 4.12. The van der Waals surface area contributed by atoms with E-state index in [-0.39, 0.29) is 17.5 Å². The highest BCUT2D eigenvalue weighted by molar-refractivity contribution is 5.94. The van der Waals surface area contributed by atoms with Crippen molar-refractivity contribution in [2.45, 2.75) is 6.92 Å². The molecule has 0 aliphatic carbocycles. The van der Waals surface area contributed by atoms with Crippen molar-refractivity contribution in [1.29, 1.82) is 0 Å². The number of aromatic amines is 1. The quantitative estimate of drug-likeness (QED) is 0.699. The van der Waals surface area contributed by atoms with Gasteiger partial charge in [-0.3, -0.25) is 9.59 Å². The fraction of sp³-hybridized carbons (Fsp3) is 0.227. The monoisotopic (exact) mass is 406 g/mol. The average Bonchev–Trinajstić information content (AvgIpc) is 3.28. The Kier molecular flexibility index (Phi) is 5.38. The first-order valence-electron chi connectivity index (χ1n) is 9.70. The molecule has 0 spiro atoms. The van der Waals surface area contributed by atoms with Gasteiger partial charge in [-0.15, -0.1) is 0 Å². The minimum absolute atomic E-state index is 0.0722. The van der Waals surface area contributed by atoms with Gasteiger partial charge in [-0.2, -0.15) is 0 Å². The van der Waals surface area contributed by atoms with Gasteiger partial charge in [0.2, 0.25) is 0 Å². The summed E-state index contributed by atoms with van der Waals surface area (Å²) in [6.07, 6.45) is 1.52. The lowest BCUT2D eigenvalue weighted by Crippen LogP contribution is -2.52. The van der Waals surface area contributed by atoms with Crippen LogP contribution in [0.25, 0.3) is 11.5 Å². The number of aromatic nitrogens is 1. The minimum atomic E-state index is -0.464. The van der Waals surface area contributed by atoms with Crippen LogP contribution < -0.4 is 10.9 Å². The number of urea groups is 1. The van der Waals surface area contributed by atoms with Crippen molar-refractivity contribution in [3.05, 3.63) is 76.3 Å². The van der Waals surface area contributed by atoms with E-state index < -0.39 is 5.56 Å². The number of hydrogen-bond acceptors (Lipinski definition) is 4. The number of rotatable bonds is 3. The molecule has 0 atom stereocenters. The number of amides is 3. The summed E-state index contributed by atoms with van der Waals surface area (Å²) >= 11 is 0. The van der Waals surface area contributed by atoms with E-state index in [2.05, 4.69) is 10.3 Å². The van der Waals surface area contributed by atoms with Crippen LogP contribution in [0.2, 0.25) is 0 Å². The van der Waals surface area contributed by atoms with Crippen LogP contribution in [0.4, 0.5) is 10.5 Å². The average molecular weight is 406 g/mol. The zero-order valence-electron chi connectivity index (χ0n) is 16.6.